The van der Waals surface area contributed by atoms with Gasteiger partial charge in [0.2, 0.25) is 0 Å². The van der Waals surface area contributed by atoms with Crippen LogP contribution in [0.5, 0.6) is 5.75 Å². The summed E-state index contributed by atoms with van der Waals surface area (Å²) in [6.07, 6.45) is 8.17. The van der Waals surface area contributed by atoms with Crippen LogP contribution in [0.1, 0.15) is 25.0 Å². The van der Waals surface area contributed by atoms with Gasteiger partial charge in [0.1, 0.15) is 5.75 Å². The summed E-state index contributed by atoms with van der Waals surface area (Å²) >= 11 is 3.52. The summed E-state index contributed by atoms with van der Waals surface area (Å²) in [7, 11) is 1.62. The third kappa shape index (κ3) is 5.08. The van der Waals surface area contributed by atoms with Gasteiger partial charge >= 0.3 is 0 Å². The van der Waals surface area contributed by atoms with Crippen molar-refractivity contribution in [1.82, 2.24) is 19.4 Å². The van der Waals surface area contributed by atoms with Gasteiger partial charge in [-0.2, -0.15) is 0 Å². The van der Waals surface area contributed by atoms with Gasteiger partial charge in [-0.25, -0.2) is 0 Å². The molecule has 0 spiro atoms. The third-order valence-electron chi connectivity index (χ3n) is 5.98. The molecular weight excluding hydrogens is 444 g/mol. The van der Waals surface area contributed by atoms with Crippen molar-refractivity contribution in [2.75, 3.05) is 26.7 Å². The Bertz CT molecular complexity index is 1060. The van der Waals surface area contributed by atoms with Crippen molar-refractivity contribution in [2.24, 2.45) is 5.92 Å². The van der Waals surface area contributed by atoms with Crippen molar-refractivity contribution in [3.63, 3.8) is 0 Å². The highest BCUT2D eigenvalue weighted by atomic mass is 79.9. The number of aromatic nitrogens is 3. The van der Waals surface area contributed by atoms with Crippen molar-refractivity contribution in [3.8, 4) is 5.75 Å². The van der Waals surface area contributed by atoms with E-state index >= 15 is 0 Å². The summed E-state index contributed by atoms with van der Waals surface area (Å²) in [5, 5.41) is 0. The van der Waals surface area contributed by atoms with Gasteiger partial charge in [0.25, 0.3) is 5.56 Å². The molecular formula is C23H27BrN4O2. The number of likely N-dealkylation sites (tertiary alicyclic amines) is 1. The highest BCUT2D eigenvalue weighted by Gasteiger charge is 2.19. The van der Waals surface area contributed by atoms with E-state index < -0.39 is 0 Å². The smallest absolute Gasteiger partial charge is 0.251 e. The molecule has 3 aromatic rings. The van der Waals surface area contributed by atoms with Gasteiger partial charge in [-0.3, -0.25) is 14.8 Å². The molecule has 30 heavy (non-hydrogen) atoms. The van der Waals surface area contributed by atoms with Crippen LogP contribution in [0.4, 0.5) is 0 Å². The summed E-state index contributed by atoms with van der Waals surface area (Å²) in [6, 6.07) is 9.35. The van der Waals surface area contributed by atoms with Crippen molar-refractivity contribution in [2.45, 2.75) is 32.2 Å². The largest absolute Gasteiger partial charge is 0.495 e. The number of rotatable bonds is 7. The molecule has 158 valence electrons. The van der Waals surface area contributed by atoms with Gasteiger partial charge < -0.3 is 14.2 Å². The summed E-state index contributed by atoms with van der Waals surface area (Å²) in [5.74, 6) is 1.42. The van der Waals surface area contributed by atoms with Crippen LogP contribution in [-0.4, -0.2) is 46.2 Å². The Labute approximate surface area is 185 Å². The Morgan fingerprint density at radius 1 is 1.13 bits per heavy atom. The number of halogens is 1. The number of ether oxygens (including phenoxy) is 1. The molecule has 0 aliphatic carbocycles. The number of hydrogen-bond acceptors (Lipinski definition) is 5. The van der Waals surface area contributed by atoms with Crippen LogP contribution >= 0.6 is 15.9 Å². The summed E-state index contributed by atoms with van der Waals surface area (Å²) in [4.78, 5) is 23.8. The van der Waals surface area contributed by atoms with Crippen molar-refractivity contribution in [3.05, 3.63) is 63.2 Å². The summed E-state index contributed by atoms with van der Waals surface area (Å²) < 4.78 is 8.20. The van der Waals surface area contributed by atoms with Crippen LogP contribution in [-0.2, 0) is 13.0 Å². The molecule has 0 N–H and O–H groups in total. The zero-order valence-corrected chi connectivity index (χ0v) is 18.8. The monoisotopic (exact) mass is 470 g/mol. The number of nitrogens with zero attached hydrogens (tertiary/aromatic N) is 4. The Kier molecular flexibility index (Phi) is 6.79. The number of methoxy groups -OCH3 is 1. The number of fused-ring (bicyclic) bond motifs is 1. The minimum atomic E-state index is 0.00830. The van der Waals surface area contributed by atoms with Crippen LogP contribution in [0.3, 0.4) is 0 Å². The van der Waals surface area contributed by atoms with Gasteiger partial charge in [0, 0.05) is 41.6 Å². The fourth-order valence-corrected chi connectivity index (χ4v) is 4.55. The second-order valence-corrected chi connectivity index (χ2v) is 8.81. The van der Waals surface area contributed by atoms with Gasteiger partial charge in [-0.05, 0) is 62.9 Å². The molecule has 4 heterocycles. The molecule has 0 bridgehead atoms. The van der Waals surface area contributed by atoms with Crippen molar-refractivity contribution < 1.29 is 4.74 Å². The molecule has 1 aliphatic rings. The van der Waals surface area contributed by atoms with E-state index in [0.29, 0.717) is 12.3 Å². The minimum Gasteiger partial charge on any atom is -0.495 e. The standard InChI is InChI=1S/C23H27BrN4O2/c1-30-20-15-22-21(26-16-20)4-5-23(29)28(22)13-12-27-10-7-17(8-11-27)2-3-19-14-18(24)6-9-25-19/h4-6,9,14-17H,2-3,7-8,10-13H2,1H3. The fourth-order valence-electron chi connectivity index (χ4n) is 4.17. The lowest BCUT2D eigenvalue weighted by molar-refractivity contribution is 0.174. The van der Waals surface area contributed by atoms with Crippen LogP contribution in [0.2, 0.25) is 0 Å². The highest BCUT2D eigenvalue weighted by Crippen LogP contribution is 2.23. The predicted octanol–water partition coefficient (Wildman–Crippen LogP) is 3.91. The van der Waals surface area contributed by atoms with E-state index in [9.17, 15) is 4.79 Å². The van der Waals surface area contributed by atoms with E-state index in [-0.39, 0.29) is 5.56 Å². The molecule has 4 rings (SSSR count). The van der Waals surface area contributed by atoms with Crippen LogP contribution < -0.4 is 10.3 Å². The van der Waals surface area contributed by atoms with Gasteiger partial charge in [0.15, 0.2) is 0 Å². The summed E-state index contributed by atoms with van der Waals surface area (Å²) in [6.45, 7) is 3.70. The number of hydrogen-bond donors (Lipinski definition) is 0. The first-order valence-electron chi connectivity index (χ1n) is 10.5. The van der Waals surface area contributed by atoms with Gasteiger partial charge in [-0.15, -0.1) is 0 Å². The Morgan fingerprint density at radius 2 is 1.97 bits per heavy atom. The van der Waals surface area contributed by atoms with Crippen LogP contribution in [0.15, 0.2) is 52.0 Å². The molecule has 0 amide bonds. The third-order valence-corrected chi connectivity index (χ3v) is 6.48. The van der Waals surface area contributed by atoms with E-state index in [1.165, 1.54) is 19.3 Å². The first kappa shape index (κ1) is 21.0. The van der Waals surface area contributed by atoms with E-state index in [1.807, 2.05) is 22.9 Å². The zero-order chi connectivity index (χ0) is 20.9. The average Bonchev–Trinajstić information content (AvgIpc) is 2.77. The van der Waals surface area contributed by atoms with Crippen LogP contribution in [0.25, 0.3) is 11.0 Å². The van der Waals surface area contributed by atoms with Gasteiger partial charge in [-0.1, -0.05) is 15.9 Å². The SMILES string of the molecule is COc1cnc2ccc(=O)n(CCN3CCC(CCc4cc(Br)ccn4)CC3)c2c1. The first-order chi connectivity index (χ1) is 14.6. The molecule has 3 aromatic heterocycles. The molecule has 6 nitrogen and oxygen atoms in total. The molecule has 0 aromatic carbocycles. The summed E-state index contributed by atoms with van der Waals surface area (Å²) in [5.41, 5.74) is 2.81. The molecule has 0 saturated carbocycles. The lowest BCUT2D eigenvalue weighted by Gasteiger charge is -2.32. The maximum absolute atomic E-state index is 12.5. The molecule has 1 fully saturated rings. The lowest BCUT2D eigenvalue weighted by atomic mass is 9.91. The quantitative estimate of drug-likeness (QED) is 0.523. The van der Waals surface area contributed by atoms with Gasteiger partial charge in [0.05, 0.1) is 24.3 Å². The number of aryl methyl sites for hydroxylation is 1. The highest BCUT2D eigenvalue weighted by molar-refractivity contribution is 9.10. The van der Waals surface area contributed by atoms with E-state index in [2.05, 4.69) is 36.9 Å². The maximum Gasteiger partial charge on any atom is 0.251 e. The Hall–Kier alpha value is -2.25. The van der Waals surface area contributed by atoms with Crippen LogP contribution in [0, 0.1) is 5.92 Å². The maximum atomic E-state index is 12.5. The van der Waals surface area contributed by atoms with Crippen molar-refractivity contribution >= 4 is 27.0 Å². The first-order valence-corrected chi connectivity index (χ1v) is 11.3. The minimum absolute atomic E-state index is 0.00830. The van der Waals surface area contributed by atoms with Crippen molar-refractivity contribution in [1.29, 1.82) is 0 Å². The topological polar surface area (TPSA) is 60.2 Å². The Balaban J connectivity index is 1.32. The normalized spacial score (nSPS) is 15.5. The zero-order valence-electron chi connectivity index (χ0n) is 17.3. The second-order valence-electron chi connectivity index (χ2n) is 7.89. The molecule has 1 aliphatic heterocycles. The molecule has 7 heteroatoms. The fraction of sp³-hybridized carbons (Fsp3) is 0.435. The molecule has 0 radical (unpaired) electrons. The predicted molar refractivity (Wildman–Crippen MR) is 122 cm³/mol. The number of piperidine rings is 1. The van der Waals surface area contributed by atoms with E-state index in [0.717, 1.165) is 53.2 Å². The lowest BCUT2D eigenvalue weighted by Crippen LogP contribution is -2.37. The second kappa shape index (κ2) is 9.71. The molecule has 0 atom stereocenters. The van der Waals surface area contributed by atoms with E-state index in [4.69, 9.17) is 4.74 Å². The Morgan fingerprint density at radius 3 is 2.73 bits per heavy atom. The molecule has 0 unspecified atom stereocenters. The average molecular weight is 471 g/mol. The molecule has 1 saturated heterocycles. The van der Waals surface area contributed by atoms with E-state index in [1.54, 1.807) is 25.4 Å². The number of pyridine rings is 3.